The van der Waals surface area contributed by atoms with Gasteiger partial charge in [-0.25, -0.2) is 5.57 Å². The van der Waals surface area contributed by atoms with E-state index in [-0.39, 0.29) is 30.2 Å². The molecule has 1 aliphatic carbocycles. The fraction of sp³-hybridized carbons (Fsp3) is 0.321. The van der Waals surface area contributed by atoms with Crippen LogP contribution in [0.15, 0.2) is 71.3 Å². The van der Waals surface area contributed by atoms with Crippen molar-refractivity contribution in [3.63, 3.8) is 0 Å². The Balaban J connectivity index is 0.000000547. The van der Waals surface area contributed by atoms with Crippen LogP contribution in [0.3, 0.4) is 0 Å². The van der Waals surface area contributed by atoms with Gasteiger partial charge in [-0.2, -0.15) is 11.1 Å². The Labute approximate surface area is 223 Å². The number of benzene rings is 2. The summed E-state index contributed by atoms with van der Waals surface area (Å²) in [6, 6.07) is 19.5. The third-order valence-electron chi connectivity index (χ3n) is 5.81. The van der Waals surface area contributed by atoms with Gasteiger partial charge in [0.2, 0.25) is 0 Å². The molecular weight excluding hydrogens is 527 g/mol. The second kappa shape index (κ2) is 14.5. The SMILES string of the molecule is CC1=[C-]C(C)C(C)=C1C.C[Si](C)=[Zr+2].Cc1cccc(-c2c[cH-]c3ccccc23)c1C.Cl.Cl. The molecule has 0 saturated carbocycles. The second-order valence-electron chi connectivity index (χ2n) is 8.38. The number of halogens is 2. The third-order valence-corrected chi connectivity index (χ3v) is 5.81. The first-order valence-corrected chi connectivity index (χ1v) is 16.8. The van der Waals surface area contributed by atoms with Crippen LogP contribution in [0.25, 0.3) is 21.9 Å². The molecular formula is C28H36Cl2SiZr. The summed E-state index contributed by atoms with van der Waals surface area (Å²) in [5, 5.41) is 2.67. The number of allylic oxidation sites excluding steroid dienone is 4. The molecule has 0 aromatic heterocycles. The first kappa shape index (κ1) is 31.2. The van der Waals surface area contributed by atoms with Crippen molar-refractivity contribution >= 4 is 41.0 Å². The van der Waals surface area contributed by atoms with E-state index in [1.165, 1.54) is 49.7 Å². The quantitative estimate of drug-likeness (QED) is 0.205. The van der Waals surface area contributed by atoms with Gasteiger partial charge in [0.05, 0.1) is 0 Å². The molecule has 0 radical (unpaired) electrons. The van der Waals surface area contributed by atoms with Gasteiger partial charge in [-0.3, -0.25) is 6.08 Å². The van der Waals surface area contributed by atoms with Gasteiger partial charge in [0.1, 0.15) is 0 Å². The Morgan fingerprint density at radius 3 is 1.97 bits per heavy atom. The Hall–Kier alpha value is -0.790. The number of rotatable bonds is 1. The number of aryl methyl sites for hydroxylation is 1. The Morgan fingerprint density at radius 1 is 0.875 bits per heavy atom. The molecule has 0 nitrogen and oxygen atoms in total. The van der Waals surface area contributed by atoms with E-state index >= 15 is 0 Å². The molecule has 4 rings (SSSR count). The van der Waals surface area contributed by atoms with Gasteiger partial charge < -0.3 is 0 Å². The molecule has 170 valence electrons. The fourth-order valence-corrected chi connectivity index (χ4v) is 3.59. The minimum atomic E-state index is 0. The normalized spacial score (nSPS) is 14.3. The van der Waals surface area contributed by atoms with Crippen molar-refractivity contribution in [1.82, 2.24) is 0 Å². The van der Waals surface area contributed by atoms with Crippen LogP contribution >= 0.6 is 24.8 Å². The average molecular weight is 563 g/mol. The van der Waals surface area contributed by atoms with E-state index < -0.39 is 0 Å². The van der Waals surface area contributed by atoms with E-state index in [9.17, 15) is 0 Å². The average Bonchev–Trinajstić information content (AvgIpc) is 3.21. The molecule has 0 bridgehead atoms. The first-order valence-electron chi connectivity index (χ1n) is 10.6. The summed E-state index contributed by atoms with van der Waals surface area (Å²) < 4.78 is 0. The van der Waals surface area contributed by atoms with Gasteiger partial charge >= 0.3 is 41.9 Å². The summed E-state index contributed by atoms with van der Waals surface area (Å²) in [5.41, 5.74) is 9.89. The molecule has 0 heterocycles. The van der Waals surface area contributed by atoms with Crippen LogP contribution in [0, 0.1) is 25.8 Å². The van der Waals surface area contributed by atoms with Crippen molar-refractivity contribution in [2.24, 2.45) is 5.92 Å². The van der Waals surface area contributed by atoms with E-state index in [0.717, 1.165) is 0 Å². The van der Waals surface area contributed by atoms with Crippen LogP contribution in [-0.2, 0) is 23.3 Å². The van der Waals surface area contributed by atoms with Gasteiger partial charge in [-0.15, -0.1) is 78.4 Å². The summed E-state index contributed by atoms with van der Waals surface area (Å²) in [4.78, 5) is 0. The molecule has 0 amide bonds. The molecule has 3 aromatic rings. The molecule has 1 unspecified atom stereocenters. The van der Waals surface area contributed by atoms with Crippen molar-refractivity contribution < 1.29 is 23.3 Å². The van der Waals surface area contributed by atoms with Crippen LogP contribution in [0.1, 0.15) is 38.8 Å². The van der Waals surface area contributed by atoms with Crippen molar-refractivity contribution in [1.29, 1.82) is 0 Å². The zero-order chi connectivity index (χ0) is 22.4. The van der Waals surface area contributed by atoms with Crippen LogP contribution in [0.5, 0.6) is 0 Å². The molecule has 0 N–H and O–H groups in total. The summed E-state index contributed by atoms with van der Waals surface area (Å²) in [6.07, 6.45) is 3.36. The van der Waals surface area contributed by atoms with E-state index in [1.807, 2.05) is 0 Å². The molecule has 1 aliphatic rings. The predicted octanol–water partition coefficient (Wildman–Crippen LogP) is 9.19. The Bertz CT molecular complexity index is 1100. The zero-order valence-electron chi connectivity index (χ0n) is 20.6. The van der Waals surface area contributed by atoms with Crippen molar-refractivity contribution in [3.05, 3.63) is 88.5 Å². The van der Waals surface area contributed by atoms with E-state index in [0.29, 0.717) is 5.92 Å². The standard InChI is InChI=1S/C17H15.C9H13.C2H6Si.2ClH.Zr/c1-12-6-5-9-15(13(12)2)17-11-10-14-7-3-4-8-16(14)17;1-6-5-7(2)9(4)8(6)3;1-3-2;;;/h3-11H,1-2H3;6H,1-4H3;1-2H3;2*1H;/q2*-1;;;;+2. The largest absolute Gasteiger partial charge is 0.150 e. The molecule has 0 aliphatic heterocycles. The zero-order valence-corrected chi connectivity index (χ0v) is 25.7. The van der Waals surface area contributed by atoms with Crippen LogP contribution in [0.4, 0.5) is 0 Å². The van der Waals surface area contributed by atoms with Crippen LogP contribution in [0.2, 0.25) is 13.1 Å². The minimum absolute atomic E-state index is 0. The summed E-state index contributed by atoms with van der Waals surface area (Å²) in [7, 11) is 0. The van der Waals surface area contributed by atoms with Crippen LogP contribution < -0.4 is 0 Å². The summed E-state index contributed by atoms with van der Waals surface area (Å²) in [6.45, 7) is 17.7. The minimum Gasteiger partial charge on any atom is -0.150 e. The van der Waals surface area contributed by atoms with E-state index in [1.54, 1.807) is 23.3 Å². The Morgan fingerprint density at radius 2 is 1.47 bits per heavy atom. The van der Waals surface area contributed by atoms with Crippen molar-refractivity contribution in [2.45, 2.75) is 54.6 Å². The maximum absolute atomic E-state index is 3.36. The molecule has 4 heteroatoms. The number of hydrogen-bond donors (Lipinski definition) is 0. The predicted molar refractivity (Wildman–Crippen MR) is 146 cm³/mol. The van der Waals surface area contributed by atoms with Crippen LogP contribution in [-0.4, -0.2) is 5.43 Å². The smallest absolute Gasteiger partial charge is 0.0395 e. The van der Waals surface area contributed by atoms with Gasteiger partial charge in [-0.05, 0) is 19.4 Å². The maximum atomic E-state index is 3.36. The van der Waals surface area contributed by atoms with Gasteiger partial charge in [0.15, 0.2) is 0 Å². The maximum Gasteiger partial charge on any atom is -0.0395 e. The Kier molecular flexibility index (Phi) is 14.1. The molecule has 0 spiro atoms. The van der Waals surface area contributed by atoms with E-state index in [2.05, 4.69) is 115 Å². The molecule has 3 aromatic carbocycles. The van der Waals surface area contributed by atoms with Gasteiger partial charge in [-0.1, -0.05) is 62.1 Å². The number of hydrogen-bond acceptors (Lipinski definition) is 0. The molecule has 32 heavy (non-hydrogen) atoms. The van der Waals surface area contributed by atoms with E-state index in [4.69, 9.17) is 0 Å². The topological polar surface area (TPSA) is 0 Å². The van der Waals surface area contributed by atoms with Gasteiger partial charge in [0, 0.05) is 0 Å². The fourth-order valence-electron chi connectivity index (χ4n) is 3.59. The molecule has 0 fully saturated rings. The second-order valence-corrected chi connectivity index (χ2v) is 17.8. The monoisotopic (exact) mass is 560 g/mol. The van der Waals surface area contributed by atoms with Crippen molar-refractivity contribution in [3.8, 4) is 11.1 Å². The number of fused-ring (bicyclic) bond motifs is 1. The summed E-state index contributed by atoms with van der Waals surface area (Å²) >= 11 is 1.74. The molecule has 0 saturated heterocycles. The third kappa shape index (κ3) is 8.21. The molecule has 1 atom stereocenters. The first-order chi connectivity index (χ1) is 14.1. The van der Waals surface area contributed by atoms with Gasteiger partial charge in [0.25, 0.3) is 0 Å². The summed E-state index contributed by atoms with van der Waals surface area (Å²) in [5.74, 6) is 0.560. The van der Waals surface area contributed by atoms with Crippen molar-refractivity contribution in [2.75, 3.05) is 0 Å².